The smallest absolute Gasteiger partial charge is 0.219 e. The van der Waals surface area contributed by atoms with Crippen LogP contribution in [0.15, 0.2) is 30.5 Å². The quantitative estimate of drug-likeness (QED) is 0.836. The Morgan fingerprint density at radius 2 is 2.07 bits per heavy atom. The molecule has 27 heavy (non-hydrogen) atoms. The summed E-state index contributed by atoms with van der Waals surface area (Å²) in [6.45, 7) is 5.70. The number of benzene rings is 1. The van der Waals surface area contributed by atoms with Crippen LogP contribution in [-0.2, 0) is 24.3 Å². The molecule has 2 aliphatic heterocycles. The first-order valence-electron chi connectivity index (χ1n) is 9.65. The molecule has 1 aromatic heterocycles. The molecule has 2 aromatic rings. The molecule has 1 saturated heterocycles. The number of aromatic nitrogens is 2. The van der Waals surface area contributed by atoms with Crippen molar-refractivity contribution in [1.29, 1.82) is 0 Å². The first kappa shape index (κ1) is 18.0. The van der Waals surface area contributed by atoms with Gasteiger partial charge in [0, 0.05) is 50.7 Å². The van der Waals surface area contributed by atoms with E-state index in [1.165, 1.54) is 6.07 Å². The van der Waals surface area contributed by atoms with E-state index in [1.807, 2.05) is 17.2 Å². The fourth-order valence-corrected chi connectivity index (χ4v) is 4.04. The first-order chi connectivity index (χ1) is 13.1. The molecule has 0 atom stereocenters. The molecule has 1 amide bonds. The Bertz CT molecular complexity index is 833. The summed E-state index contributed by atoms with van der Waals surface area (Å²) in [4.78, 5) is 25.2. The Balaban J connectivity index is 1.37. The second kappa shape index (κ2) is 7.72. The maximum Gasteiger partial charge on any atom is 0.219 e. The van der Waals surface area contributed by atoms with E-state index in [0.29, 0.717) is 12.5 Å². The first-order valence-corrected chi connectivity index (χ1v) is 9.65. The van der Waals surface area contributed by atoms with Gasteiger partial charge >= 0.3 is 0 Å². The van der Waals surface area contributed by atoms with Crippen LogP contribution in [0, 0.1) is 5.82 Å². The van der Waals surface area contributed by atoms with Crippen molar-refractivity contribution in [3.63, 3.8) is 0 Å². The van der Waals surface area contributed by atoms with Crippen LogP contribution in [0.2, 0.25) is 0 Å². The molecule has 5 nitrogen and oxygen atoms in total. The Kier molecular flexibility index (Phi) is 5.16. The van der Waals surface area contributed by atoms with Crippen LogP contribution >= 0.6 is 0 Å². The number of nitrogens with zero attached hydrogens (tertiary/aromatic N) is 4. The Morgan fingerprint density at radius 1 is 1.26 bits per heavy atom. The van der Waals surface area contributed by atoms with Crippen LogP contribution < -0.4 is 0 Å². The molecule has 142 valence electrons. The molecule has 1 fully saturated rings. The van der Waals surface area contributed by atoms with E-state index < -0.39 is 0 Å². The van der Waals surface area contributed by atoms with Gasteiger partial charge in [-0.15, -0.1) is 0 Å². The van der Waals surface area contributed by atoms with Crippen molar-refractivity contribution in [2.45, 2.75) is 45.2 Å². The molecule has 0 spiro atoms. The fourth-order valence-electron chi connectivity index (χ4n) is 4.04. The molecule has 3 heterocycles. The van der Waals surface area contributed by atoms with Crippen LogP contribution in [0.4, 0.5) is 4.39 Å². The minimum absolute atomic E-state index is 0.107. The van der Waals surface area contributed by atoms with Gasteiger partial charge < -0.3 is 4.90 Å². The van der Waals surface area contributed by atoms with E-state index in [2.05, 4.69) is 9.88 Å². The summed E-state index contributed by atoms with van der Waals surface area (Å²) < 4.78 is 13.4. The summed E-state index contributed by atoms with van der Waals surface area (Å²) in [5.41, 5.74) is 3.19. The van der Waals surface area contributed by atoms with Gasteiger partial charge in [0.25, 0.3) is 0 Å². The lowest BCUT2D eigenvalue weighted by atomic mass is 9.95. The average Bonchev–Trinajstić information content (AvgIpc) is 2.68. The molecule has 0 saturated carbocycles. The van der Waals surface area contributed by atoms with Gasteiger partial charge in [-0.1, -0.05) is 12.1 Å². The standard InChI is InChI=1S/C21H25FN4O/c1-15(27)26-10-7-20-18(14-26)12-23-21(24-20)17-5-8-25(9-6-17)13-16-3-2-4-19(22)11-16/h2-4,11-12,17H,5-10,13-14H2,1H3. The predicted molar refractivity (Wildman–Crippen MR) is 100 cm³/mol. The van der Waals surface area contributed by atoms with Gasteiger partial charge in [-0.2, -0.15) is 0 Å². The van der Waals surface area contributed by atoms with Crippen molar-refractivity contribution >= 4 is 5.91 Å². The minimum Gasteiger partial charge on any atom is -0.338 e. The van der Waals surface area contributed by atoms with Gasteiger partial charge in [0.1, 0.15) is 11.6 Å². The topological polar surface area (TPSA) is 49.3 Å². The molecule has 6 heteroatoms. The highest BCUT2D eigenvalue weighted by Crippen LogP contribution is 2.28. The maximum absolute atomic E-state index is 13.4. The van der Waals surface area contributed by atoms with Gasteiger partial charge in [0.2, 0.25) is 5.91 Å². The molecule has 0 radical (unpaired) electrons. The number of halogens is 1. The van der Waals surface area contributed by atoms with Gasteiger partial charge in [0.15, 0.2) is 0 Å². The number of carbonyl (C=O) groups is 1. The molecule has 0 N–H and O–H groups in total. The zero-order chi connectivity index (χ0) is 18.8. The molecule has 0 aliphatic carbocycles. The van der Waals surface area contributed by atoms with E-state index in [0.717, 1.165) is 68.1 Å². The van der Waals surface area contributed by atoms with Gasteiger partial charge in [-0.25, -0.2) is 14.4 Å². The molecule has 2 aliphatic rings. The molecular formula is C21H25FN4O. The zero-order valence-corrected chi connectivity index (χ0v) is 15.7. The summed E-state index contributed by atoms with van der Waals surface area (Å²) in [5, 5.41) is 0. The number of hydrogen-bond donors (Lipinski definition) is 0. The van der Waals surface area contributed by atoms with Gasteiger partial charge in [-0.05, 0) is 43.6 Å². The van der Waals surface area contributed by atoms with Crippen LogP contribution in [0.5, 0.6) is 0 Å². The van der Waals surface area contributed by atoms with Crippen LogP contribution in [0.25, 0.3) is 0 Å². The second-order valence-electron chi connectivity index (χ2n) is 7.57. The molecule has 4 rings (SSSR count). The number of likely N-dealkylation sites (tertiary alicyclic amines) is 1. The SMILES string of the molecule is CC(=O)N1CCc2nc(C3CCN(Cc4cccc(F)c4)CC3)ncc2C1. The normalized spacial score (nSPS) is 18.4. The zero-order valence-electron chi connectivity index (χ0n) is 15.7. The monoisotopic (exact) mass is 368 g/mol. The number of rotatable bonds is 3. The highest BCUT2D eigenvalue weighted by Gasteiger charge is 2.25. The summed E-state index contributed by atoms with van der Waals surface area (Å²) in [6, 6.07) is 6.85. The highest BCUT2D eigenvalue weighted by atomic mass is 19.1. The third-order valence-corrected chi connectivity index (χ3v) is 5.65. The summed E-state index contributed by atoms with van der Waals surface area (Å²) in [5.74, 6) is 1.25. The van der Waals surface area contributed by atoms with Crippen LogP contribution in [-0.4, -0.2) is 45.3 Å². The third kappa shape index (κ3) is 4.16. The molecule has 0 unspecified atom stereocenters. The van der Waals surface area contributed by atoms with Crippen molar-refractivity contribution in [3.8, 4) is 0 Å². The Hall–Kier alpha value is -2.34. The Labute approximate surface area is 159 Å². The number of fused-ring (bicyclic) bond motifs is 1. The molecule has 1 aromatic carbocycles. The van der Waals surface area contributed by atoms with E-state index in [-0.39, 0.29) is 11.7 Å². The second-order valence-corrected chi connectivity index (χ2v) is 7.57. The molecular weight excluding hydrogens is 343 g/mol. The lowest BCUT2D eigenvalue weighted by Crippen LogP contribution is -2.35. The van der Waals surface area contributed by atoms with E-state index in [1.54, 1.807) is 19.1 Å². The largest absolute Gasteiger partial charge is 0.338 e. The number of amides is 1. The number of piperidine rings is 1. The lowest BCUT2D eigenvalue weighted by molar-refractivity contribution is -0.129. The van der Waals surface area contributed by atoms with Crippen molar-refractivity contribution in [3.05, 3.63) is 58.9 Å². The van der Waals surface area contributed by atoms with Crippen LogP contribution in [0.1, 0.15) is 48.3 Å². The van der Waals surface area contributed by atoms with E-state index in [9.17, 15) is 9.18 Å². The third-order valence-electron chi connectivity index (χ3n) is 5.65. The summed E-state index contributed by atoms with van der Waals surface area (Å²) in [7, 11) is 0. The summed E-state index contributed by atoms with van der Waals surface area (Å²) >= 11 is 0. The van der Waals surface area contributed by atoms with Crippen molar-refractivity contribution < 1.29 is 9.18 Å². The molecule has 0 bridgehead atoms. The average molecular weight is 368 g/mol. The van der Waals surface area contributed by atoms with E-state index in [4.69, 9.17) is 4.98 Å². The van der Waals surface area contributed by atoms with Crippen molar-refractivity contribution in [1.82, 2.24) is 19.8 Å². The number of carbonyl (C=O) groups excluding carboxylic acids is 1. The number of hydrogen-bond acceptors (Lipinski definition) is 4. The van der Waals surface area contributed by atoms with Crippen molar-refractivity contribution in [2.75, 3.05) is 19.6 Å². The Morgan fingerprint density at radius 3 is 2.81 bits per heavy atom. The predicted octanol–water partition coefficient (Wildman–Crippen LogP) is 2.90. The highest BCUT2D eigenvalue weighted by molar-refractivity contribution is 5.73. The van der Waals surface area contributed by atoms with E-state index >= 15 is 0 Å². The fraction of sp³-hybridized carbons (Fsp3) is 0.476. The minimum atomic E-state index is -0.173. The van der Waals surface area contributed by atoms with Gasteiger partial charge in [-0.3, -0.25) is 9.69 Å². The van der Waals surface area contributed by atoms with Crippen molar-refractivity contribution in [2.24, 2.45) is 0 Å². The summed E-state index contributed by atoms with van der Waals surface area (Å²) in [6.07, 6.45) is 4.76. The lowest BCUT2D eigenvalue weighted by Gasteiger charge is -2.32. The van der Waals surface area contributed by atoms with Crippen LogP contribution in [0.3, 0.4) is 0 Å². The van der Waals surface area contributed by atoms with Gasteiger partial charge in [0.05, 0.1) is 5.69 Å². The maximum atomic E-state index is 13.4.